The molecule has 0 aliphatic rings. The smallest absolute Gasteiger partial charge is 0.237 e. The maximum absolute atomic E-state index is 12.3. The summed E-state index contributed by atoms with van der Waals surface area (Å²) in [6, 6.07) is 19.0. The third-order valence-electron chi connectivity index (χ3n) is 3.13. The van der Waals surface area contributed by atoms with E-state index in [0.29, 0.717) is 12.1 Å². The van der Waals surface area contributed by atoms with Crippen LogP contribution in [0.2, 0.25) is 0 Å². The van der Waals surface area contributed by atoms with E-state index in [1.54, 1.807) is 12.1 Å². The largest absolute Gasteiger partial charge is 0.351 e. The lowest BCUT2D eigenvalue weighted by Crippen LogP contribution is -2.27. The van der Waals surface area contributed by atoms with E-state index < -0.39 is 0 Å². The Hall–Kier alpha value is -2.25. The monoisotopic (exact) mass is 296 g/mol. The minimum atomic E-state index is -0.204. The Kier molecular flexibility index (Phi) is 5.42. The Morgan fingerprint density at radius 1 is 1.19 bits per heavy atom. The van der Waals surface area contributed by atoms with Crippen molar-refractivity contribution >= 4 is 17.7 Å². The van der Waals surface area contributed by atoms with Crippen LogP contribution in [0.4, 0.5) is 0 Å². The molecule has 1 atom stereocenters. The first kappa shape index (κ1) is 15.1. The van der Waals surface area contributed by atoms with Gasteiger partial charge in [-0.05, 0) is 29.5 Å². The van der Waals surface area contributed by atoms with E-state index in [0.717, 1.165) is 11.1 Å². The first-order valence-electron chi connectivity index (χ1n) is 6.59. The molecule has 0 aliphatic heterocycles. The minimum absolute atomic E-state index is 0.00180. The van der Waals surface area contributed by atoms with Gasteiger partial charge in [0.25, 0.3) is 0 Å². The van der Waals surface area contributed by atoms with Gasteiger partial charge in [0, 0.05) is 6.54 Å². The van der Waals surface area contributed by atoms with Crippen molar-refractivity contribution in [2.24, 2.45) is 0 Å². The van der Waals surface area contributed by atoms with Crippen molar-refractivity contribution in [2.45, 2.75) is 11.8 Å². The van der Waals surface area contributed by atoms with Crippen molar-refractivity contribution in [2.75, 3.05) is 6.26 Å². The van der Waals surface area contributed by atoms with E-state index in [-0.39, 0.29) is 11.2 Å². The van der Waals surface area contributed by atoms with E-state index in [2.05, 4.69) is 11.4 Å². The Labute approximate surface area is 129 Å². The summed E-state index contributed by atoms with van der Waals surface area (Å²) in [6.07, 6.45) is 1.93. The van der Waals surface area contributed by atoms with Crippen molar-refractivity contribution in [1.29, 1.82) is 5.26 Å². The maximum Gasteiger partial charge on any atom is 0.237 e. The summed E-state index contributed by atoms with van der Waals surface area (Å²) in [4.78, 5) is 12.3. The third-order valence-corrected chi connectivity index (χ3v) is 4.08. The molecule has 0 fully saturated rings. The predicted octanol–water partition coefficient (Wildman–Crippen LogP) is 3.28. The van der Waals surface area contributed by atoms with Crippen LogP contribution in [-0.4, -0.2) is 12.2 Å². The van der Waals surface area contributed by atoms with Gasteiger partial charge in [-0.15, -0.1) is 11.8 Å². The van der Waals surface area contributed by atoms with Gasteiger partial charge < -0.3 is 5.32 Å². The summed E-state index contributed by atoms with van der Waals surface area (Å²) in [7, 11) is 0. The molecular formula is C17H16N2OS. The van der Waals surface area contributed by atoms with Crippen molar-refractivity contribution in [3.63, 3.8) is 0 Å². The first-order valence-corrected chi connectivity index (χ1v) is 7.88. The topological polar surface area (TPSA) is 52.9 Å². The Balaban J connectivity index is 1.98. The van der Waals surface area contributed by atoms with Gasteiger partial charge in [0.1, 0.15) is 5.25 Å². The summed E-state index contributed by atoms with van der Waals surface area (Å²) >= 11 is 1.52. The summed E-state index contributed by atoms with van der Waals surface area (Å²) < 4.78 is 0. The Bertz CT molecular complexity index is 632. The highest BCUT2D eigenvalue weighted by Gasteiger charge is 2.18. The van der Waals surface area contributed by atoms with Gasteiger partial charge >= 0.3 is 0 Å². The van der Waals surface area contributed by atoms with Crippen LogP contribution in [0, 0.1) is 11.3 Å². The molecule has 106 valence electrons. The van der Waals surface area contributed by atoms with Crippen LogP contribution >= 0.6 is 11.8 Å². The normalized spacial score (nSPS) is 11.4. The number of hydrogen-bond donors (Lipinski definition) is 1. The summed E-state index contributed by atoms with van der Waals surface area (Å²) in [6.45, 7) is 0.467. The maximum atomic E-state index is 12.3. The second kappa shape index (κ2) is 7.51. The molecule has 1 N–H and O–H groups in total. The molecule has 0 saturated heterocycles. The molecule has 0 radical (unpaired) electrons. The van der Waals surface area contributed by atoms with Crippen LogP contribution in [0.15, 0.2) is 54.6 Å². The second-order valence-electron chi connectivity index (χ2n) is 4.55. The second-order valence-corrected chi connectivity index (χ2v) is 5.50. The number of benzene rings is 2. The number of rotatable bonds is 5. The summed E-state index contributed by atoms with van der Waals surface area (Å²) in [5.41, 5.74) is 2.61. The van der Waals surface area contributed by atoms with Crippen molar-refractivity contribution in [3.8, 4) is 6.07 Å². The fourth-order valence-corrected chi connectivity index (χ4v) is 2.73. The predicted molar refractivity (Wildman–Crippen MR) is 85.7 cm³/mol. The zero-order chi connectivity index (χ0) is 15.1. The van der Waals surface area contributed by atoms with Crippen molar-refractivity contribution in [3.05, 3.63) is 71.3 Å². The molecule has 0 saturated carbocycles. The van der Waals surface area contributed by atoms with Crippen LogP contribution in [0.3, 0.4) is 0 Å². The van der Waals surface area contributed by atoms with Crippen molar-refractivity contribution < 1.29 is 4.79 Å². The standard InChI is InChI=1S/C17H16N2OS/c1-21-16(15-5-3-2-4-6-15)17(20)19-12-14-9-7-13(11-18)8-10-14/h2-10,16H,12H2,1H3,(H,19,20). The highest BCUT2D eigenvalue weighted by molar-refractivity contribution is 7.99. The van der Waals surface area contributed by atoms with Gasteiger partial charge in [0.15, 0.2) is 0 Å². The molecular weight excluding hydrogens is 280 g/mol. The van der Waals surface area contributed by atoms with Crippen LogP contribution in [0.1, 0.15) is 21.9 Å². The molecule has 1 amide bonds. The average molecular weight is 296 g/mol. The fraction of sp³-hybridized carbons (Fsp3) is 0.176. The minimum Gasteiger partial charge on any atom is -0.351 e. The average Bonchev–Trinajstić information content (AvgIpc) is 2.55. The van der Waals surface area contributed by atoms with Crippen LogP contribution in [0.5, 0.6) is 0 Å². The van der Waals surface area contributed by atoms with Crippen LogP contribution in [0.25, 0.3) is 0 Å². The molecule has 0 aromatic heterocycles. The quantitative estimate of drug-likeness (QED) is 0.921. The number of nitrogens with one attached hydrogen (secondary N) is 1. The molecule has 2 aromatic rings. The highest BCUT2D eigenvalue weighted by Crippen LogP contribution is 2.26. The molecule has 0 bridgehead atoms. The van der Waals surface area contributed by atoms with Gasteiger partial charge in [-0.2, -0.15) is 5.26 Å². The van der Waals surface area contributed by atoms with E-state index in [1.165, 1.54) is 11.8 Å². The highest BCUT2D eigenvalue weighted by atomic mass is 32.2. The lowest BCUT2D eigenvalue weighted by atomic mass is 10.1. The van der Waals surface area contributed by atoms with Crippen LogP contribution in [-0.2, 0) is 11.3 Å². The van der Waals surface area contributed by atoms with E-state index in [9.17, 15) is 4.79 Å². The molecule has 4 heteroatoms. The summed E-state index contributed by atoms with van der Waals surface area (Å²) in [5.74, 6) is -0.00180. The van der Waals surface area contributed by atoms with E-state index >= 15 is 0 Å². The lowest BCUT2D eigenvalue weighted by molar-refractivity contribution is -0.120. The first-order chi connectivity index (χ1) is 10.2. The number of amides is 1. The molecule has 0 heterocycles. The van der Waals surface area contributed by atoms with E-state index in [4.69, 9.17) is 5.26 Å². The Morgan fingerprint density at radius 3 is 2.43 bits per heavy atom. The Morgan fingerprint density at radius 2 is 1.86 bits per heavy atom. The number of thioether (sulfide) groups is 1. The van der Waals surface area contributed by atoms with Crippen molar-refractivity contribution in [1.82, 2.24) is 5.32 Å². The molecule has 2 aromatic carbocycles. The third kappa shape index (κ3) is 4.11. The molecule has 3 nitrogen and oxygen atoms in total. The SMILES string of the molecule is CSC(C(=O)NCc1ccc(C#N)cc1)c1ccccc1. The van der Waals surface area contributed by atoms with Crippen LogP contribution < -0.4 is 5.32 Å². The van der Waals surface area contributed by atoms with Gasteiger partial charge in [0.2, 0.25) is 5.91 Å². The van der Waals surface area contributed by atoms with Gasteiger partial charge in [-0.1, -0.05) is 42.5 Å². The zero-order valence-electron chi connectivity index (χ0n) is 11.7. The number of nitriles is 1. The van der Waals surface area contributed by atoms with Gasteiger partial charge in [-0.25, -0.2) is 0 Å². The van der Waals surface area contributed by atoms with Gasteiger partial charge in [-0.3, -0.25) is 4.79 Å². The molecule has 21 heavy (non-hydrogen) atoms. The molecule has 0 aliphatic carbocycles. The summed E-state index contributed by atoms with van der Waals surface area (Å²) in [5, 5.41) is 11.5. The number of carbonyl (C=O) groups is 1. The zero-order valence-corrected chi connectivity index (χ0v) is 12.6. The fourth-order valence-electron chi connectivity index (χ4n) is 2.00. The van der Waals surface area contributed by atoms with Gasteiger partial charge in [0.05, 0.1) is 11.6 Å². The molecule has 1 unspecified atom stereocenters. The number of carbonyl (C=O) groups excluding carboxylic acids is 1. The molecule has 2 rings (SSSR count). The lowest BCUT2D eigenvalue weighted by Gasteiger charge is -2.15. The number of nitrogens with zero attached hydrogens (tertiary/aromatic N) is 1. The molecule has 0 spiro atoms. The van der Waals surface area contributed by atoms with E-state index in [1.807, 2.05) is 48.7 Å². The number of hydrogen-bond acceptors (Lipinski definition) is 3.